The molecule has 14 heteroatoms. The average molecular weight is 932 g/mol. The standard InChI is InChI=1S/C36H41N5O6S2.C5H6O.C4H8.3C2H6/c1-23-9-8-10-27(39-34(42)25-13-16-32(38-21-25)37-20-24-11-14-28(46-5)15-12-24)22-48-31(17-23)35(43)40-29-18-26(36(2,3)4)19-30(33(29)47-6)41-49(7,44)45;1-3-5(2)4-6;1-3-4-2;3*1-2/h8-19,21,41H,1,20,22H2,2-7H3,(H,37,38)(H,39,42)(H,40,43);3-4H,1-2H2;3-4H,1-2H3;3*1-2H3/b9-8-,27-10+,31-17-;;4-3-;;;. The number of ether oxygens (including phenoxy) is 2. The number of sulfonamides is 1. The molecule has 1 aliphatic rings. The zero-order valence-electron chi connectivity index (χ0n) is 41.0. The van der Waals surface area contributed by atoms with Crippen LogP contribution < -0.4 is 30.1 Å². The van der Waals surface area contributed by atoms with Crippen molar-refractivity contribution in [1.82, 2.24) is 10.3 Å². The van der Waals surface area contributed by atoms with Gasteiger partial charge < -0.3 is 25.4 Å². The Hall–Kier alpha value is -6.12. The summed E-state index contributed by atoms with van der Waals surface area (Å²) in [4.78, 5) is 41.1. The fraction of sp³-hybridized carbons (Fsp3) is 0.333. The van der Waals surface area contributed by atoms with Crippen LogP contribution >= 0.6 is 11.8 Å². The molecule has 1 aliphatic heterocycles. The Bertz CT molecular complexity index is 2190. The molecule has 0 saturated carbocycles. The number of pyridine rings is 1. The van der Waals surface area contributed by atoms with Gasteiger partial charge in [-0.15, -0.1) is 11.8 Å². The first kappa shape index (κ1) is 61.0. The van der Waals surface area contributed by atoms with E-state index in [0.717, 1.165) is 23.1 Å². The first-order valence-electron chi connectivity index (χ1n) is 21.3. The van der Waals surface area contributed by atoms with Crippen LogP contribution in [0.15, 0.2) is 139 Å². The normalized spacial score (nSPS) is 13.8. The number of aldehydes is 1. The lowest BCUT2D eigenvalue weighted by Gasteiger charge is -2.24. The first-order valence-corrected chi connectivity index (χ1v) is 24.2. The Kier molecular flexibility index (Phi) is 31.3. The fourth-order valence-corrected chi connectivity index (χ4v) is 6.07. The van der Waals surface area contributed by atoms with E-state index in [1.165, 1.54) is 31.1 Å². The van der Waals surface area contributed by atoms with Crippen molar-refractivity contribution in [1.29, 1.82) is 0 Å². The Labute approximate surface area is 394 Å². The molecule has 0 atom stereocenters. The van der Waals surface area contributed by atoms with Gasteiger partial charge in [0.1, 0.15) is 17.9 Å². The number of allylic oxidation sites excluding steroid dienone is 9. The Morgan fingerprint density at radius 3 is 1.95 bits per heavy atom. The second-order valence-corrected chi connectivity index (χ2v) is 16.5. The predicted octanol–water partition coefficient (Wildman–Crippen LogP) is 12.0. The highest BCUT2D eigenvalue weighted by Crippen LogP contribution is 2.39. The summed E-state index contributed by atoms with van der Waals surface area (Å²) in [5.74, 6) is 1.03. The summed E-state index contributed by atoms with van der Waals surface area (Å²) < 4.78 is 37.5. The predicted molar refractivity (Wildman–Crippen MR) is 278 cm³/mol. The average Bonchev–Trinajstić information content (AvgIpc) is 3.39. The molecule has 2 amide bonds. The van der Waals surface area contributed by atoms with E-state index in [2.05, 4.69) is 45.4 Å². The molecule has 2 aromatic carbocycles. The van der Waals surface area contributed by atoms with Crippen LogP contribution in [0.3, 0.4) is 0 Å². The van der Waals surface area contributed by atoms with Gasteiger partial charge in [-0.1, -0.05) is 125 Å². The molecular formula is C51H73N5O7S2. The number of methoxy groups -OCH3 is 2. The van der Waals surface area contributed by atoms with Crippen LogP contribution in [0.25, 0.3) is 0 Å². The summed E-state index contributed by atoms with van der Waals surface area (Å²) in [6.07, 6.45) is 15.5. The molecule has 1 aromatic heterocycles. The van der Waals surface area contributed by atoms with Crippen molar-refractivity contribution in [3.05, 3.63) is 155 Å². The summed E-state index contributed by atoms with van der Waals surface area (Å²) in [6.45, 7) is 33.1. The molecule has 356 valence electrons. The topological polar surface area (TPSA) is 165 Å². The molecule has 0 unspecified atom stereocenters. The summed E-state index contributed by atoms with van der Waals surface area (Å²) in [6, 6.07) is 14.6. The fourth-order valence-electron chi connectivity index (χ4n) is 4.63. The lowest BCUT2D eigenvalue weighted by Crippen LogP contribution is -2.24. The van der Waals surface area contributed by atoms with Gasteiger partial charge in [-0.3, -0.25) is 19.1 Å². The number of benzene rings is 2. The number of carbonyl (C=O) groups is 3. The van der Waals surface area contributed by atoms with Crippen LogP contribution in [0.2, 0.25) is 0 Å². The highest BCUT2D eigenvalue weighted by Gasteiger charge is 2.23. The quantitative estimate of drug-likeness (QED) is 0.0561. The van der Waals surface area contributed by atoms with Gasteiger partial charge in [0, 0.05) is 29.8 Å². The number of nitrogens with zero attached hydrogens (tertiary/aromatic N) is 1. The van der Waals surface area contributed by atoms with Crippen molar-refractivity contribution >= 4 is 57.1 Å². The second kappa shape index (κ2) is 33.4. The number of rotatable bonds is 13. The molecule has 0 radical (unpaired) electrons. The maximum atomic E-state index is 13.7. The first-order chi connectivity index (χ1) is 30.9. The second-order valence-electron chi connectivity index (χ2n) is 13.8. The molecule has 0 bridgehead atoms. The summed E-state index contributed by atoms with van der Waals surface area (Å²) in [5.41, 5.74) is 3.90. The third-order valence-corrected chi connectivity index (χ3v) is 9.57. The van der Waals surface area contributed by atoms with Crippen molar-refractivity contribution in [2.45, 2.75) is 88.1 Å². The van der Waals surface area contributed by atoms with Crippen molar-refractivity contribution in [3.8, 4) is 11.5 Å². The van der Waals surface area contributed by atoms with E-state index in [-0.39, 0.29) is 28.5 Å². The molecule has 4 rings (SSSR count). The van der Waals surface area contributed by atoms with Crippen LogP contribution in [-0.4, -0.2) is 57.7 Å². The van der Waals surface area contributed by atoms with Crippen LogP contribution in [0.5, 0.6) is 11.5 Å². The van der Waals surface area contributed by atoms with Gasteiger partial charge in [-0.25, -0.2) is 13.4 Å². The highest BCUT2D eigenvalue weighted by molar-refractivity contribution is 8.04. The van der Waals surface area contributed by atoms with E-state index < -0.39 is 15.9 Å². The van der Waals surface area contributed by atoms with E-state index in [1.807, 2.05) is 113 Å². The van der Waals surface area contributed by atoms with E-state index >= 15 is 0 Å². The highest BCUT2D eigenvalue weighted by atomic mass is 32.2. The van der Waals surface area contributed by atoms with Crippen molar-refractivity contribution < 1.29 is 32.3 Å². The maximum absolute atomic E-state index is 13.7. The lowest BCUT2D eigenvalue weighted by molar-refractivity contribution is -0.112. The van der Waals surface area contributed by atoms with Crippen molar-refractivity contribution in [3.63, 3.8) is 0 Å². The monoisotopic (exact) mass is 931 g/mol. The number of amides is 2. The number of anilines is 3. The van der Waals surface area contributed by atoms with E-state index in [4.69, 9.17) is 9.47 Å². The van der Waals surface area contributed by atoms with Gasteiger partial charge in [0.2, 0.25) is 10.0 Å². The van der Waals surface area contributed by atoms with E-state index in [9.17, 15) is 22.8 Å². The van der Waals surface area contributed by atoms with Gasteiger partial charge in [0.05, 0.1) is 42.3 Å². The molecule has 3 aromatic rings. The molecule has 65 heavy (non-hydrogen) atoms. The van der Waals surface area contributed by atoms with Crippen LogP contribution in [0.1, 0.15) is 97.6 Å². The third-order valence-electron chi connectivity index (χ3n) is 7.91. The van der Waals surface area contributed by atoms with Crippen LogP contribution in [0, 0.1) is 0 Å². The van der Waals surface area contributed by atoms with E-state index in [1.54, 1.807) is 55.7 Å². The summed E-state index contributed by atoms with van der Waals surface area (Å²) >= 11 is 1.21. The molecule has 0 saturated heterocycles. The molecular weight excluding hydrogens is 859 g/mol. The molecule has 0 aliphatic carbocycles. The Morgan fingerprint density at radius 1 is 0.892 bits per heavy atom. The molecule has 0 spiro atoms. The molecule has 2 heterocycles. The van der Waals surface area contributed by atoms with Gasteiger partial charge in [0.25, 0.3) is 11.8 Å². The largest absolute Gasteiger partial charge is 0.497 e. The van der Waals surface area contributed by atoms with Gasteiger partial charge in [0.15, 0.2) is 5.75 Å². The van der Waals surface area contributed by atoms with Crippen LogP contribution in [0.4, 0.5) is 17.2 Å². The summed E-state index contributed by atoms with van der Waals surface area (Å²) in [7, 11) is -0.618. The Morgan fingerprint density at radius 2 is 1.49 bits per heavy atom. The molecule has 0 fully saturated rings. The third kappa shape index (κ3) is 24.5. The summed E-state index contributed by atoms with van der Waals surface area (Å²) in [5, 5.41) is 9.05. The minimum Gasteiger partial charge on any atom is -0.497 e. The lowest BCUT2D eigenvalue weighted by atomic mass is 9.86. The number of aromatic nitrogens is 1. The van der Waals surface area contributed by atoms with Gasteiger partial charge >= 0.3 is 0 Å². The zero-order chi connectivity index (χ0) is 50.2. The SMILES string of the molecule is C/C=C\C.C=C1/C=C\C=C(\NC(=O)c2ccc(NCc3ccc(OC)cc3)nc2)CS/C(C(=O)Nc2cc(C(C)(C)C)cc(NS(C)(=O)=O)c2OC)=C\1.C=CC(=C)C=O.CC.CC.CC. The van der Waals surface area contributed by atoms with E-state index in [0.29, 0.717) is 51.6 Å². The smallest absolute Gasteiger partial charge is 0.262 e. The molecule has 4 N–H and O–H groups in total. The number of nitrogens with one attached hydrogen (secondary N) is 4. The maximum Gasteiger partial charge on any atom is 0.262 e. The van der Waals surface area contributed by atoms with Crippen LogP contribution in [-0.2, 0) is 31.6 Å². The zero-order valence-corrected chi connectivity index (χ0v) is 42.6. The van der Waals surface area contributed by atoms with Gasteiger partial charge in [-0.2, -0.15) is 0 Å². The minimum atomic E-state index is -3.64. The van der Waals surface area contributed by atoms with Gasteiger partial charge in [-0.05, 0) is 84.5 Å². The minimum absolute atomic E-state index is 0.169. The molecule has 12 nitrogen and oxygen atoms in total. The Balaban J connectivity index is 0. The van der Waals surface area contributed by atoms with Crippen molar-refractivity contribution in [2.75, 3.05) is 41.6 Å². The number of carbonyl (C=O) groups excluding carboxylic acids is 3. The number of hydrogen-bond acceptors (Lipinski definition) is 10. The number of hydrogen-bond donors (Lipinski definition) is 4. The van der Waals surface area contributed by atoms with Crippen molar-refractivity contribution in [2.24, 2.45) is 0 Å². The number of thioether (sulfide) groups is 1.